The third-order valence-corrected chi connectivity index (χ3v) is 3.33. The molecule has 0 aliphatic heterocycles. The molecule has 2 rings (SSSR count). The Balaban J connectivity index is 2.20. The second-order valence-electron chi connectivity index (χ2n) is 4.59. The van der Waals surface area contributed by atoms with E-state index in [4.69, 9.17) is 5.11 Å². The molecule has 3 heteroatoms. The van der Waals surface area contributed by atoms with Crippen LogP contribution in [0.1, 0.15) is 37.8 Å². The number of benzene rings is 1. The highest BCUT2D eigenvalue weighted by molar-refractivity contribution is 5.68. The SMILES string of the molecule is CCN(C1CC1)C(CC(=O)O)c1ccccc1. The summed E-state index contributed by atoms with van der Waals surface area (Å²) < 4.78 is 0. The Morgan fingerprint density at radius 3 is 2.53 bits per heavy atom. The molecule has 0 amide bonds. The van der Waals surface area contributed by atoms with Crippen LogP contribution < -0.4 is 0 Å². The van der Waals surface area contributed by atoms with E-state index in [2.05, 4.69) is 11.8 Å². The lowest BCUT2D eigenvalue weighted by Crippen LogP contribution is -2.32. The lowest BCUT2D eigenvalue weighted by molar-refractivity contribution is -0.138. The van der Waals surface area contributed by atoms with E-state index in [0.717, 1.165) is 12.1 Å². The minimum Gasteiger partial charge on any atom is -0.481 e. The molecule has 1 aliphatic carbocycles. The van der Waals surface area contributed by atoms with Crippen LogP contribution in [0.3, 0.4) is 0 Å². The Hall–Kier alpha value is -1.35. The fourth-order valence-corrected chi connectivity index (χ4v) is 2.41. The molecule has 1 atom stereocenters. The van der Waals surface area contributed by atoms with Crippen molar-refractivity contribution in [1.82, 2.24) is 4.90 Å². The van der Waals surface area contributed by atoms with Crippen molar-refractivity contribution in [3.05, 3.63) is 35.9 Å². The summed E-state index contributed by atoms with van der Waals surface area (Å²) in [7, 11) is 0. The molecule has 92 valence electrons. The van der Waals surface area contributed by atoms with Crippen LogP contribution in [0.2, 0.25) is 0 Å². The van der Waals surface area contributed by atoms with Crippen LogP contribution in [0.5, 0.6) is 0 Å². The molecule has 1 aromatic carbocycles. The molecule has 1 fully saturated rings. The molecule has 1 aromatic rings. The third-order valence-electron chi connectivity index (χ3n) is 3.33. The zero-order valence-electron chi connectivity index (χ0n) is 10.2. The monoisotopic (exact) mass is 233 g/mol. The van der Waals surface area contributed by atoms with Crippen molar-refractivity contribution >= 4 is 5.97 Å². The van der Waals surface area contributed by atoms with E-state index in [-0.39, 0.29) is 12.5 Å². The number of carbonyl (C=O) groups is 1. The van der Waals surface area contributed by atoms with Gasteiger partial charge >= 0.3 is 5.97 Å². The highest BCUT2D eigenvalue weighted by atomic mass is 16.4. The van der Waals surface area contributed by atoms with Crippen LogP contribution in [-0.2, 0) is 4.79 Å². The number of aliphatic carboxylic acids is 1. The number of nitrogens with zero attached hydrogens (tertiary/aromatic N) is 1. The van der Waals surface area contributed by atoms with Crippen molar-refractivity contribution in [2.45, 2.75) is 38.3 Å². The molecular weight excluding hydrogens is 214 g/mol. The maximum Gasteiger partial charge on any atom is 0.305 e. The summed E-state index contributed by atoms with van der Waals surface area (Å²) in [6.45, 7) is 3.02. The predicted molar refractivity (Wildman–Crippen MR) is 66.8 cm³/mol. The summed E-state index contributed by atoms with van der Waals surface area (Å²) in [4.78, 5) is 13.3. The molecule has 1 saturated carbocycles. The average Bonchev–Trinajstić information content (AvgIpc) is 3.14. The van der Waals surface area contributed by atoms with Crippen LogP contribution in [0.15, 0.2) is 30.3 Å². The van der Waals surface area contributed by atoms with Gasteiger partial charge in [0.15, 0.2) is 0 Å². The summed E-state index contributed by atoms with van der Waals surface area (Å²) in [5.74, 6) is -0.724. The van der Waals surface area contributed by atoms with Crippen LogP contribution in [0, 0.1) is 0 Å². The van der Waals surface area contributed by atoms with Gasteiger partial charge in [0, 0.05) is 12.1 Å². The van der Waals surface area contributed by atoms with E-state index < -0.39 is 5.97 Å². The predicted octanol–water partition coefficient (Wildman–Crippen LogP) is 2.69. The molecule has 1 N–H and O–H groups in total. The number of hydrogen-bond acceptors (Lipinski definition) is 2. The van der Waals surface area contributed by atoms with Crippen molar-refractivity contribution in [2.75, 3.05) is 6.54 Å². The van der Waals surface area contributed by atoms with Gasteiger partial charge in [-0.2, -0.15) is 0 Å². The molecular formula is C14H19NO2. The van der Waals surface area contributed by atoms with Gasteiger partial charge in [-0.1, -0.05) is 37.3 Å². The van der Waals surface area contributed by atoms with Crippen molar-refractivity contribution in [3.63, 3.8) is 0 Å². The summed E-state index contributed by atoms with van der Waals surface area (Å²) >= 11 is 0. The number of carboxylic acid groups (broad SMARTS) is 1. The molecule has 0 aromatic heterocycles. The smallest absolute Gasteiger partial charge is 0.305 e. The highest BCUT2D eigenvalue weighted by Crippen LogP contribution is 2.35. The third kappa shape index (κ3) is 3.07. The Labute approximate surface area is 102 Å². The van der Waals surface area contributed by atoms with Crippen molar-refractivity contribution in [3.8, 4) is 0 Å². The first-order chi connectivity index (χ1) is 8.22. The van der Waals surface area contributed by atoms with Gasteiger partial charge in [0.1, 0.15) is 0 Å². The average molecular weight is 233 g/mol. The van der Waals surface area contributed by atoms with Crippen LogP contribution >= 0.6 is 0 Å². The number of carboxylic acids is 1. The highest BCUT2D eigenvalue weighted by Gasteiger charge is 2.34. The normalized spacial score (nSPS) is 17.1. The summed E-state index contributed by atoms with van der Waals surface area (Å²) in [6.07, 6.45) is 2.60. The Morgan fingerprint density at radius 1 is 1.41 bits per heavy atom. The minimum absolute atomic E-state index is 0.0196. The van der Waals surface area contributed by atoms with E-state index in [1.807, 2.05) is 30.3 Å². The molecule has 3 nitrogen and oxygen atoms in total. The Morgan fingerprint density at radius 2 is 2.06 bits per heavy atom. The zero-order chi connectivity index (χ0) is 12.3. The molecule has 1 unspecified atom stereocenters. The molecule has 0 heterocycles. The van der Waals surface area contributed by atoms with E-state index in [0.29, 0.717) is 6.04 Å². The van der Waals surface area contributed by atoms with E-state index in [9.17, 15) is 4.79 Å². The molecule has 0 bridgehead atoms. The minimum atomic E-state index is -0.724. The van der Waals surface area contributed by atoms with Crippen molar-refractivity contribution < 1.29 is 9.90 Å². The molecule has 0 radical (unpaired) electrons. The molecule has 0 saturated heterocycles. The van der Waals surface area contributed by atoms with Crippen molar-refractivity contribution in [2.24, 2.45) is 0 Å². The topological polar surface area (TPSA) is 40.5 Å². The van der Waals surface area contributed by atoms with Gasteiger partial charge in [-0.25, -0.2) is 0 Å². The summed E-state index contributed by atoms with van der Waals surface area (Å²) in [5.41, 5.74) is 1.11. The van der Waals surface area contributed by atoms with E-state index in [1.54, 1.807) is 0 Å². The van der Waals surface area contributed by atoms with Gasteiger partial charge in [-0.15, -0.1) is 0 Å². The van der Waals surface area contributed by atoms with Crippen LogP contribution in [0.4, 0.5) is 0 Å². The van der Waals surface area contributed by atoms with Gasteiger partial charge < -0.3 is 5.11 Å². The Kier molecular flexibility index (Phi) is 3.79. The fourth-order valence-electron chi connectivity index (χ4n) is 2.41. The first-order valence-corrected chi connectivity index (χ1v) is 6.25. The maximum absolute atomic E-state index is 11.0. The second kappa shape index (κ2) is 5.32. The van der Waals surface area contributed by atoms with Gasteiger partial charge in [0.25, 0.3) is 0 Å². The largest absolute Gasteiger partial charge is 0.481 e. The first kappa shape index (κ1) is 12.1. The standard InChI is InChI=1S/C14H19NO2/c1-2-15(12-8-9-12)13(10-14(16)17)11-6-4-3-5-7-11/h3-7,12-13H,2,8-10H2,1H3,(H,16,17). The molecule has 0 spiro atoms. The lowest BCUT2D eigenvalue weighted by Gasteiger charge is -2.30. The molecule has 17 heavy (non-hydrogen) atoms. The second-order valence-corrected chi connectivity index (χ2v) is 4.59. The van der Waals surface area contributed by atoms with Gasteiger partial charge in [0.2, 0.25) is 0 Å². The first-order valence-electron chi connectivity index (χ1n) is 6.25. The number of hydrogen-bond donors (Lipinski definition) is 1. The summed E-state index contributed by atoms with van der Waals surface area (Å²) in [6, 6.07) is 10.6. The fraction of sp³-hybridized carbons (Fsp3) is 0.500. The summed E-state index contributed by atoms with van der Waals surface area (Å²) in [5, 5.41) is 9.07. The quantitative estimate of drug-likeness (QED) is 0.821. The number of rotatable bonds is 6. The van der Waals surface area contributed by atoms with Gasteiger partial charge in [-0.05, 0) is 24.9 Å². The van der Waals surface area contributed by atoms with E-state index >= 15 is 0 Å². The van der Waals surface area contributed by atoms with E-state index in [1.165, 1.54) is 12.8 Å². The molecule has 1 aliphatic rings. The van der Waals surface area contributed by atoms with Gasteiger partial charge in [0.05, 0.1) is 6.42 Å². The van der Waals surface area contributed by atoms with Crippen molar-refractivity contribution in [1.29, 1.82) is 0 Å². The Bertz CT molecular complexity index is 373. The van der Waals surface area contributed by atoms with Gasteiger partial charge in [-0.3, -0.25) is 9.69 Å². The van der Waals surface area contributed by atoms with Crippen LogP contribution in [-0.4, -0.2) is 28.6 Å². The zero-order valence-corrected chi connectivity index (χ0v) is 10.2. The van der Waals surface area contributed by atoms with Crippen LogP contribution in [0.25, 0.3) is 0 Å². The lowest BCUT2D eigenvalue weighted by atomic mass is 10.0. The maximum atomic E-state index is 11.0.